The first-order valence-electron chi connectivity index (χ1n) is 12.0. The highest BCUT2D eigenvalue weighted by atomic mass is 32.2. The quantitative estimate of drug-likeness (QED) is 0.617. The molecule has 1 N–H and O–H groups in total. The molecule has 33 heavy (non-hydrogen) atoms. The molecular weight excluding hydrogens is 439 g/mol. The van der Waals surface area contributed by atoms with Gasteiger partial charge in [-0.15, -0.1) is 0 Å². The smallest absolute Gasteiger partial charge is 0.254 e. The molecule has 0 bridgehead atoms. The van der Waals surface area contributed by atoms with Crippen molar-refractivity contribution in [3.05, 3.63) is 48.0 Å². The molecule has 4 aliphatic rings. The Morgan fingerprint density at radius 1 is 1.27 bits per heavy atom. The molecule has 4 aliphatic carbocycles. The van der Waals surface area contributed by atoms with Crippen molar-refractivity contribution in [1.29, 1.82) is 0 Å². The van der Waals surface area contributed by atoms with Gasteiger partial charge in [0.2, 0.25) is 0 Å². The van der Waals surface area contributed by atoms with Gasteiger partial charge in [0.05, 0.1) is 12.4 Å². The second-order valence-corrected chi connectivity index (χ2v) is 12.3. The van der Waals surface area contributed by atoms with Crippen LogP contribution in [0.1, 0.15) is 57.5 Å². The van der Waals surface area contributed by atoms with Crippen molar-refractivity contribution >= 4 is 22.7 Å². The van der Waals surface area contributed by atoms with E-state index >= 15 is 4.39 Å². The van der Waals surface area contributed by atoms with Gasteiger partial charge in [-0.05, 0) is 79.6 Å². The summed E-state index contributed by atoms with van der Waals surface area (Å²) in [5.41, 5.74) is -2.21. The van der Waals surface area contributed by atoms with Crippen LogP contribution >= 0.6 is 11.8 Å². The summed E-state index contributed by atoms with van der Waals surface area (Å²) in [6, 6.07) is 3.39. The Balaban J connectivity index is 1.46. The third kappa shape index (κ3) is 3.12. The van der Waals surface area contributed by atoms with Crippen LogP contribution in [0.15, 0.2) is 46.6 Å². The standard InChI is InChI=1S/C27H33FO4S/c1-15-11-20-19-10-16(2)21(14-33-24(31)22-6-5-9-32-22)25(19,3)13-23(30)27(20,28)26(4)8-7-17(29)12-18(15)26/h5-9,12,15-16,19-21,23,30H,10-11,13-14H2,1-4H3/t15-,16+,19?,20?,21?,23?,25?,26?,27-/m0/s1. The van der Waals surface area contributed by atoms with Crippen molar-refractivity contribution in [3.8, 4) is 0 Å². The second kappa shape index (κ2) is 7.67. The average Bonchev–Trinajstić information content (AvgIpc) is 3.37. The van der Waals surface area contributed by atoms with Crippen LogP contribution in [-0.4, -0.2) is 33.5 Å². The van der Waals surface area contributed by atoms with Gasteiger partial charge in [0.25, 0.3) is 5.12 Å². The van der Waals surface area contributed by atoms with Gasteiger partial charge in [0.15, 0.2) is 17.2 Å². The number of thioether (sulfide) groups is 1. The fourth-order valence-corrected chi connectivity index (χ4v) is 9.35. The van der Waals surface area contributed by atoms with Crippen LogP contribution in [0.5, 0.6) is 0 Å². The van der Waals surface area contributed by atoms with Gasteiger partial charge in [-0.1, -0.05) is 44.2 Å². The number of halogens is 1. The summed E-state index contributed by atoms with van der Waals surface area (Å²) in [5.74, 6) is 1.33. The van der Waals surface area contributed by atoms with Gasteiger partial charge in [0, 0.05) is 17.1 Å². The third-order valence-electron chi connectivity index (χ3n) is 9.68. The van der Waals surface area contributed by atoms with E-state index in [0.29, 0.717) is 30.3 Å². The number of allylic oxidation sites excluding steroid dienone is 4. The lowest BCUT2D eigenvalue weighted by atomic mass is 9.44. The molecule has 9 atom stereocenters. The zero-order valence-electron chi connectivity index (χ0n) is 19.7. The van der Waals surface area contributed by atoms with E-state index in [-0.39, 0.29) is 40.0 Å². The number of hydrogen-bond acceptors (Lipinski definition) is 5. The first kappa shape index (κ1) is 23.1. The molecule has 5 rings (SSSR count). The maximum absolute atomic E-state index is 17.3. The summed E-state index contributed by atoms with van der Waals surface area (Å²) in [5, 5.41) is 11.4. The molecule has 1 heterocycles. The van der Waals surface area contributed by atoms with E-state index in [1.165, 1.54) is 24.1 Å². The SMILES string of the molecule is C[C@@H]1CC2C3C[C@H](C)C4=CC(=O)C=CC4(C)[C@@]3(F)C(O)CC2(C)C1CSC(=O)c1ccco1. The molecule has 1 aromatic heterocycles. The van der Waals surface area contributed by atoms with Gasteiger partial charge >= 0.3 is 0 Å². The summed E-state index contributed by atoms with van der Waals surface area (Å²) in [6.07, 6.45) is 7.06. The van der Waals surface area contributed by atoms with Crippen molar-refractivity contribution in [1.82, 2.24) is 0 Å². The van der Waals surface area contributed by atoms with Crippen LogP contribution in [0.4, 0.5) is 4.39 Å². The Bertz CT molecular complexity index is 1030. The van der Waals surface area contributed by atoms with Crippen molar-refractivity contribution in [2.75, 3.05) is 5.75 Å². The Morgan fingerprint density at radius 3 is 2.73 bits per heavy atom. The summed E-state index contributed by atoms with van der Waals surface area (Å²) < 4.78 is 22.5. The van der Waals surface area contributed by atoms with Crippen LogP contribution in [0.3, 0.4) is 0 Å². The number of ketones is 1. The van der Waals surface area contributed by atoms with Crippen molar-refractivity contribution < 1.29 is 23.5 Å². The zero-order valence-corrected chi connectivity index (χ0v) is 20.5. The van der Waals surface area contributed by atoms with Crippen LogP contribution in [0, 0.1) is 40.4 Å². The van der Waals surface area contributed by atoms with E-state index in [4.69, 9.17) is 4.42 Å². The van der Waals surface area contributed by atoms with Crippen molar-refractivity contribution in [3.63, 3.8) is 0 Å². The molecule has 178 valence electrons. The van der Waals surface area contributed by atoms with E-state index in [1.807, 2.05) is 6.92 Å². The van der Waals surface area contributed by atoms with Gasteiger partial charge in [0.1, 0.15) is 0 Å². The highest BCUT2D eigenvalue weighted by Gasteiger charge is 2.71. The van der Waals surface area contributed by atoms with Crippen LogP contribution in [0.2, 0.25) is 0 Å². The van der Waals surface area contributed by atoms with Gasteiger partial charge in [-0.3, -0.25) is 9.59 Å². The number of hydrogen-bond donors (Lipinski definition) is 1. The number of rotatable bonds is 3. The van der Waals surface area contributed by atoms with Crippen molar-refractivity contribution in [2.24, 2.45) is 40.4 Å². The van der Waals surface area contributed by atoms with Crippen LogP contribution < -0.4 is 0 Å². The number of aliphatic hydroxyl groups is 1. The molecule has 0 aliphatic heterocycles. The maximum Gasteiger partial charge on any atom is 0.254 e. The van der Waals surface area contributed by atoms with E-state index in [2.05, 4.69) is 20.8 Å². The average molecular weight is 473 g/mol. The van der Waals surface area contributed by atoms with Crippen LogP contribution in [-0.2, 0) is 4.79 Å². The number of furan rings is 1. The number of carbonyl (C=O) groups excluding carboxylic acids is 2. The molecule has 1 aromatic rings. The molecule has 0 spiro atoms. The molecule has 0 amide bonds. The molecule has 0 radical (unpaired) electrons. The minimum Gasteiger partial charge on any atom is -0.460 e. The predicted octanol–water partition coefficient (Wildman–Crippen LogP) is 5.63. The Kier molecular flexibility index (Phi) is 5.37. The number of carbonyl (C=O) groups is 2. The normalized spacial score (nSPS) is 46.4. The summed E-state index contributed by atoms with van der Waals surface area (Å²) in [4.78, 5) is 24.7. The largest absolute Gasteiger partial charge is 0.460 e. The van der Waals surface area contributed by atoms with Gasteiger partial charge in [-0.25, -0.2) is 4.39 Å². The minimum absolute atomic E-state index is 0.0802. The highest BCUT2D eigenvalue weighted by Crippen LogP contribution is 2.70. The number of aliphatic hydroxyl groups excluding tert-OH is 1. The van der Waals surface area contributed by atoms with E-state index in [1.54, 1.807) is 24.3 Å². The number of fused-ring (bicyclic) bond motifs is 5. The molecule has 6 unspecified atom stereocenters. The first-order valence-corrected chi connectivity index (χ1v) is 13.0. The third-order valence-corrected chi connectivity index (χ3v) is 10.7. The fourth-order valence-electron chi connectivity index (χ4n) is 8.05. The van der Waals surface area contributed by atoms with Gasteiger partial charge < -0.3 is 9.52 Å². The molecule has 6 heteroatoms. The molecular formula is C27H33FO4S. The molecule has 0 saturated heterocycles. The van der Waals surface area contributed by atoms with E-state index in [0.717, 1.165) is 12.0 Å². The summed E-state index contributed by atoms with van der Waals surface area (Å²) in [7, 11) is 0. The maximum atomic E-state index is 17.3. The van der Waals surface area contributed by atoms with Gasteiger partial charge in [-0.2, -0.15) is 0 Å². The first-order chi connectivity index (χ1) is 15.5. The number of alkyl halides is 1. The predicted molar refractivity (Wildman–Crippen MR) is 126 cm³/mol. The fraction of sp³-hybridized carbons (Fsp3) is 0.630. The molecule has 0 aromatic carbocycles. The lowest BCUT2D eigenvalue weighted by Gasteiger charge is -2.63. The summed E-state index contributed by atoms with van der Waals surface area (Å²) in [6.45, 7) is 8.36. The Labute approximate surface area is 199 Å². The lowest BCUT2D eigenvalue weighted by Crippen LogP contribution is -2.67. The van der Waals surface area contributed by atoms with E-state index in [9.17, 15) is 14.7 Å². The van der Waals surface area contributed by atoms with Crippen LogP contribution in [0.25, 0.3) is 0 Å². The second-order valence-electron chi connectivity index (χ2n) is 11.3. The molecule has 3 saturated carbocycles. The topological polar surface area (TPSA) is 67.5 Å². The minimum atomic E-state index is -1.81. The Hall–Kier alpha value is -1.66. The monoisotopic (exact) mass is 472 g/mol. The zero-order chi connectivity index (χ0) is 23.8. The van der Waals surface area contributed by atoms with Crippen molar-refractivity contribution in [2.45, 2.75) is 58.7 Å². The lowest BCUT2D eigenvalue weighted by molar-refractivity contribution is -0.199. The highest BCUT2D eigenvalue weighted by molar-refractivity contribution is 8.14. The molecule has 3 fully saturated rings. The van der Waals surface area contributed by atoms with E-state index < -0.39 is 17.2 Å². The molecule has 4 nitrogen and oxygen atoms in total. The Morgan fingerprint density at radius 2 is 2.03 bits per heavy atom. The summed E-state index contributed by atoms with van der Waals surface area (Å²) >= 11 is 1.27.